The van der Waals surface area contributed by atoms with E-state index in [0.29, 0.717) is 17.2 Å². The fraction of sp³-hybridized carbons (Fsp3) is 0.333. The van der Waals surface area contributed by atoms with Crippen molar-refractivity contribution >= 4 is 28.4 Å². The average molecular weight is 290 g/mol. The number of hydrogen-bond donors (Lipinski definition) is 0. The Kier molecular flexibility index (Phi) is 4.87. The highest BCUT2D eigenvalue weighted by atomic mass is 32.1. The zero-order valence-electron chi connectivity index (χ0n) is 11.9. The fourth-order valence-electron chi connectivity index (χ4n) is 1.89. The van der Waals surface area contributed by atoms with Gasteiger partial charge in [-0.3, -0.25) is 4.79 Å². The molecule has 0 aliphatic rings. The quantitative estimate of drug-likeness (QED) is 0.764. The van der Waals surface area contributed by atoms with Gasteiger partial charge in [0.1, 0.15) is 0 Å². The van der Waals surface area contributed by atoms with Crippen LogP contribution in [0.4, 0.5) is 10.8 Å². The van der Waals surface area contributed by atoms with E-state index < -0.39 is 0 Å². The van der Waals surface area contributed by atoms with E-state index in [1.165, 1.54) is 16.9 Å². The molecule has 1 aromatic carbocycles. The topological polar surface area (TPSA) is 42.4 Å². The van der Waals surface area contributed by atoms with Crippen molar-refractivity contribution in [2.24, 2.45) is 0 Å². The van der Waals surface area contributed by atoms with E-state index >= 15 is 0 Å². The maximum absolute atomic E-state index is 11.1. The maximum Gasteiger partial charge on any atom is 0.190 e. The number of anilines is 2. The Bertz CT molecular complexity index is 578. The summed E-state index contributed by atoms with van der Waals surface area (Å²) < 4.78 is 5.07. The molecular formula is C15H18N2O2S. The van der Waals surface area contributed by atoms with Gasteiger partial charge in [0.15, 0.2) is 11.4 Å². The number of methoxy groups -OCH3 is 1. The Labute approximate surface area is 123 Å². The van der Waals surface area contributed by atoms with E-state index in [-0.39, 0.29) is 0 Å². The summed E-state index contributed by atoms with van der Waals surface area (Å²) in [6, 6.07) is 8.35. The number of nitrogens with zero attached hydrogens (tertiary/aromatic N) is 2. The Morgan fingerprint density at radius 1 is 1.35 bits per heavy atom. The monoisotopic (exact) mass is 290 g/mol. The fourth-order valence-corrected chi connectivity index (χ4v) is 2.76. The van der Waals surface area contributed by atoms with Crippen molar-refractivity contribution in [3.63, 3.8) is 0 Å². The van der Waals surface area contributed by atoms with Gasteiger partial charge in [0.25, 0.3) is 0 Å². The summed E-state index contributed by atoms with van der Waals surface area (Å²) in [5, 5.41) is 0.795. The number of carbonyl (C=O) groups is 1. The summed E-state index contributed by atoms with van der Waals surface area (Å²) in [6.07, 6.45) is 1.86. The molecule has 0 saturated heterocycles. The molecule has 106 valence electrons. The largest absolute Gasteiger partial charge is 0.378 e. The van der Waals surface area contributed by atoms with Crippen LogP contribution in [-0.2, 0) is 17.8 Å². The lowest BCUT2D eigenvalue weighted by molar-refractivity contribution is 0.112. The third-order valence-corrected chi connectivity index (χ3v) is 4.22. The van der Waals surface area contributed by atoms with E-state index in [4.69, 9.17) is 4.74 Å². The second-order valence-corrected chi connectivity index (χ2v) is 5.45. The van der Waals surface area contributed by atoms with Crippen LogP contribution in [-0.4, -0.2) is 25.4 Å². The summed E-state index contributed by atoms with van der Waals surface area (Å²) in [5.74, 6) is 0. The molecule has 0 aliphatic heterocycles. The summed E-state index contributed by atoms with van der Waals surface area (Å²) in [7, 11) is 3.55. The molecule has 0 N–H and O–H groups in total. The van der Waals surface area contributed by atoms with Gasteiger partial charge in [-0.05, 0) is 24.1 Å². The van der Waals surface area contributed by atoms with E-state index in [2.05, 4.69) is 36.2 Å². The third kappa shape index (κ3) is 3.05. The van der Waals surface area contributed by atoms with Gasteiger partial charge in [0.2, 0.25) is 0 Å². The molecule has 0 radical (unpaired) electrons. The highest BCUT2D eigenvalue weighted by Crippen LogP contribution is 2.30. The van der Waals surface area contributed by atoms with Crippen molar-refractivity contribution in [2.45, 2.75) is 20.0 Å². The van der Waals surface area contributed by atoms with Crippen molar-refractivity contribution in [3.05, 3.63) is 40.4 Å². The number of aryl methyl sites for hydroxylation is 1. The van der Waals surface area contributed by atoms with Gasteiger partial charge in [0.05, 0.1) is 17.2 Å². The number of aromatic nitrogens is 1. The van der Waals surface area contributed by atoms with Gasteiger partial charge in [-0.15, -0.1) is 0 Å². The summed E-state index contributed by atoms with van der Waals surface area (Å²) in [5.41, 5.74) is 3.05. The van der Waals surface area contributed by atoms with Crippen LogP contribution < -0.4 is 4.90 Å². The Morgan fingerprint density at radius 3 is 2.60 bits per heavy atom. The molecular weight excluding hydrogens is 272 g/mol. The van der Waals surface area contributed by atoms with Crippen LogP contribution in [0.3, 0.4) is 0 Å². The van der Waals surface area contributed by atoms with Crippen LogP contribution in [0.1, 0.15) is 27.9 Å². The summed E-state index contributed by atoms with van der Waals surface area (Å²) in [4.78, 5) is 18.1. The molecule has 0 spiro atoms. The molecule has 0 aliphatic carbocycles. The average Bonchev–Trinajstić information content (AvgIpc) is 2.90. The minimum atomic E-state index is 0.354. The number of hydrogen-bond acceptors (Lipinski definition) is 5. The third-order valence-electron chi connectivity index (χ3n) is 3.12. The number of benzene rings is 1. The summed E-state index contributed by atoms with van der Waals surface area (Å²) >= 11 is 1.38. The SMILES string of the molecule is CCc1ccc(N(C)c2nc(COC)c(C=O)s2)cc1. The molecule has 0 amide bonds. The van der Waals surface area contributed by atoms with Gasteiger partial charge < -0.3 is 9.64 Å². The van der Waals surface area contributed by atoms with Crippen LogP contribution in [0.25, 0.3) is 0 Å². The standard InChI is InChI=1S/C15H18N2O2S/c1-4-11-5-7-12(8-6-11)17(2)15-16-13(10-19-3)14(9-18)20-15/h5-9H,4,10H2,1-3H3. The van der Waals surface area contributed by atoms with E-state index in [9.17, 15) is 4.79 Å². The highest BCUT2D eigenvalue weighted by molar-refractivity contribution is 7.17. The molecule has 2 rings (SSSR count). The predicted molar refractivity (Wildman–Crippen MR) is 82.1 cm³/mol. The second kappa shape index (κ2) is 6.63. The lowest BCUT2D eigenvalue weighted by Gasteiger charge is -2.16. The van der Waals surface area contributed by atoms with E-state index in [1.807, 2.05) is 11.9 Å². The van der Waals surface area contributed by atoms with E-state index in [1.54, 1.807) is 7.11 Å². The second-order valence-electron chi connectivity index (χ2n) is 4.44. The molecule has 0 atom stereocenters. The molecule has 1 heterocycles. The minimum absolute atomic E-state index is 0.354. The van der Waals surface area contributed by atoms with Crippen molar-refractivity contribution in [2.75, 3.05) is 19.1 Å². The molecule has 0 unspecified atom stereocenters. The molecule has 20 heavy (non-hydrogen) atoms. The van der Waals surface area contributed by atoms with Crippen molar-refractivity contribution in [3.8, 4) is 0 Å². The Morgan fingerprint density at radius 2 is 2.05 bits per heavy atom. The molecule has 2 aromatic rings. The number of ether oxygens (including phenoxy) is 1. The normalized spacial score (nSPS) is 10.6. The van der Waals surface area contributed by atoms with Crippen molar-refractivity contribution in [1.29, 1.82) is 0 Å². The number of aldehydes is 1. The lowest BCUT2D eigenvalue weighted by atomic mass is 10.1. The van der Waals surface area contributed by atoms with Crippen LogP contribution in [0, 0.1) is 0 Å². The number of rotatable bonds is 6. The number of carbonyl (C=O) groups excluding carboxylic acids is 1. The van der Waals surface area contributed by atoms with Crippen LogP contribution in [0.15, 0.2) is 24.3 Å². The lowest BCUT2D eigenvalue weighted by Crippen LogP contribution is -2.09. The van der Waals surface area contributed by atoms with Gasteiger partial charge >= 0.3 is 0 Å². The molecule has 1 aromatic heterocycles. The zero-order chi connectivity index (χ0) is 14.5. The first-order valence-electron chi connectivity index (χ1n) is 6.46. The smallest absolute Gasteiger partial charge is 0.190 e. The first-order valence-corrected chi connectivity index (χ1v) is 7.27. The number of thiazole rings is 1. The molecule has 5 heteroatoms. The molecule has 4 nitrogen and oxygen atoms in total. The Balaban J connectivity index is 2.27. The maximum atomic E-state index is 11.1. The summed E-state index contributed by atoms with van der Waals surface area (Å²) in [6.45, 7) is 2.49. The van der Waals surface area contributed by atoms with Gasteiger partial charge in [0, 0.05) is 19.8 Å². The van der Waals surface area contributed by atoms with Crippen molar-refractivity contribution in [1.82, 2.24) is 4.98 Å². The van der Waals surface area contributed by atoms with Crippen LogP contribution in [0.5, 0.6) is 0 Å². The van der Waals surface area contributed by atoms with E-state index in [0.717, 1.165) is 23.5 Å². The zero-order valence-corrected chi connectivity index (χ0v) is 12.7. The van der Waals surface area contributed by atoms with Crippen LogP contribution in [0.2, 0.25) is 0 Å². The van der Waals surface area contributed by atoms with Gasteiger partial charge in [-0.25, -0.2) is 4.98 Å². The molecule has 0 fully saturated rings. The minimum Gasteiger partial charge on any atom is -0.378 e. The Hall–Kier alpha value is -1.72. The first-order chi connectivity index (χ1) is 9.69. The van der Waals surface area contributed by atoms with Gasteiger partial charge in [-0.2, -0.15) is 0 Å². The first kappa shape index (κ1) is 14.7. The van der Waals surface area contributed by atoms with Crippen LogP contribution >= 0.6 is 11.3 Å². The highest BCUT2D eigenvalue weighted by Gasteiger charge is 2.14. The molecule has 0 bridgehead atoms. The predicted octanol–water partition coefficient (Wildman–Crippen LogP) is 3.43. The van der Waals surface area contributed by atoms with Crippen molar-refractivity contribution < 1.29 is 9.53 Å². The van der Waals surface area contributed by atoms with Gasteiger partial charge in [-0.1, -0.05) is 30.4 Å². The molecule has 0 saturated carbocycles.